The molecule has 0 unspecified atom stereocenters. The van der Waals surface area contributed by atoms with Gasteiger partial charge in [0, 0.05) is 23.0 Å². The molecule has 0 aliphatic heterocycles. The lowest BCUT2D eigenvalue weighted by atomic mass is 10.1. The number of pyridine rings is 1. The molecular formula is C16H12F4N2O2. The molecule has 8 heteroatoms. The van der Waals surface area contributed by atoms with E-state index in [2.05, 4.69) is 10.3 Å². The number of carbonyl (C=O) groups is 1. The maximum atomic E-state index is 13.5. The van der Waals surface area contributed by atoms with Gasteiger partial charge in [-0.05, 0) is 43.0 Å². The van der Waals surface area contributed by atoms with Crippen LogP contribution in [-0.2, 0) is 6.18 Å². The summed E-state index contributed by atoms with van der Waals surface area (Å²) in [6, 6.07) is 4.71. The number of aromatic amines is 1. The van der Waals surface area contributed by atoms with E-state index in [0.717, 1.165) is 25.0 Å². The Bertz CT molecular complexity index is 854. The van der Waals surface area contributed by atoms with Crippen molar-refractivity contribution in [3.8, 4) is 0 Å². The Morgan fingerprint density at radius 2 is 1.88 bits per heavy atom. The normalized spacial score (nSPS) is 14.5. The Labute approximate surface area is 133 Å². The molecule has 1 aliphatic carbocycles. The number of alkyl halides is 3. The molecule has 1 aliphatic rings. The SMILES string of the molecule is O=C(Nc1ccc(C(F)(F)F)c(F)c1)c1cc(C2CC2)[nH]c(=O)c1. The highest BCUT2D eigenvalue weighted by Gasteiger charge is 2.34. The van der Waals surface area contributed by atoms with Crippen molar-refractivity contribution in [1.82, 2.24) is 4.98 Å². The summed E-state index contributed by atoms with van der Waals surface area (Å²) in [6.45, 7) is 0. The summed E-state index contributed by atoms with van der Waals surface area (Å²) < 4.78 is 51.1. The van der Waals surface area contributed by atoms with E-state index >= 15 is 0 Å². The van der Waals surface area contributed by atoms with Gasteiger partial charge in [0.25, 0.3) is 5.91 Å². The summed E-state index contributed by atoms with van der Waals surface area (Å²) in [7, 11) is 0. The number of anilines is 1. The number of aromatic nitrogens is 1. The third-order valence-corrected chi connectivity index (χ3v) is 3.68. The smallest absolute Gasteiger partial charge is 0.326 e. The second-order valence-corrected chi connectivity index (χ2v) is 5.61. The van der Waals surface area contributed by atoms with Gasteiger partial charge in [0.05, 0.1) is 5.56 Å². The third kappa shape index (κ3) is 3.47. The second kappa shape index (κ2) is 5.77. The largest absolute Gasteiger partial charge is 0.419 e. The number of hydrogen-bond donors (Lipinski definition) is 2. The van der Waals surface area contributed by atoms with Gasteiger partial charge in [-0.15, -0.1) is 0 Å². The summed E-state index contributed by atoms with van der Waals surface area (Å²) in [5.41, 5.74) is -1.26. The van der Waals surface area contributed by atoms with Gasteiger partial charge >= 0.3 is 6.18 Å². The van der Waals surface area contributed by atoms with Crippen molar-refractivity contribution >= 4 is 11.6 Å². The standard InChI is InChI=1S/C16H12F4N2O2/c17-12-7-10(3-4-11(12)16(18,19)20)21-15(24)9-5-13(8-1-2-8)22-14(23)6-9/h3-8H,1-2H2,(H,21,24)(H,22,23). The molecule has 0 spiro atoms. The molecule has 1 heterocycles. The minimum Gasteiger partial charge on any atom is -0.326 e. The average molecular weight is 340 g/mol. The Morgan fingerprint density at radius 3 is 2.46 bits per heavy atom. The number of benzene rings is 1. The van der Waals surface area contributed by atoms with Crippen LogP contribution in [0.15, 0.2) is 35.1 Å². The van der Waals surface area contributed by atoms with Crippen LogP contribution in [0.25, 0.3) is 0 Å². The molecule has 0 radical (unpaired) electrons. The molecule has 2 N–H and O–H groups in total. The van der Waals surface area contributed by atoms with E-state index < -0.39 is 29.0 Å². The second-order valence-electron chi connectivity index (χ2n) is 5.61. The summed E-state index contributed by atoms with van der Waals surface area (Å²) in [4.78, 5) is 26.4. The van der Waals surface area contributed by atoms with E-state index in [1.54, 1.807) is 0 Å². The Kier molecular flexibility index (Phi) is 3.90. The highest BCUT2D eigenvalue weighted by molar-refractivity contribution is 6.04. The van der Waals surface area contributed by atoms with Gasteiger partial charge in [-0.3, -0.25) is 9.59 Å². The van der Waals surface area contributed by atoms with Gasteiger partial charge in [-0.1, -0.05) is 0 Å². The summed E-state index contributed by atoms with van der Waals surface area (Å²) in [5, 5.41) is 2.29. The first-order valence-corrected chi connectivity index (χ1v) is 7.16. The van der Waals surface area contributed by atoms with Crippen molar-refractivity contribution in [3.05, 3.63) is 63.3 Å². The van der Waals surface area contributed by atoms with E-state index in [9.17, 15) is 27.2 Å². The van der Waals surface area contributed by atoms with Crippen LogP contribution in [0.5, 0.6) is 0 Å². The Morgan fingerprint density at radius 1 is 1.17 bits per heavy atom. The molecule has 1 aromatic carbocycles. The lowest BCUT2D eigenvalue weighted by Gasteiger charge is -2.10. The summed E-state index contributed by atoms with van der Waals surface area (Å²) >= 11 is 0. The molecule has 3 rings (SSSR count). The van der Waals surface area contributed by atoms with Gasteiger partial charge in [-0.2, -0.15) is 13.2 Å². The molecule has 1 amide bonds. The van der Waals surface area contributed by atoms with Gasteiger partial charge in [0.1, 0.15) is 5.82 Å². The number of rotatable bonds is 3. The van der Waals surface area contributed by atoms with Gasteiger partial charge in [0.2, 0.25) is 5.56 Å². The van der Waals surface area contributed by atoms with Crippen molar-refractivity contribution in [1.29, 1.82) is 0 Å². The number of carbonyl (C=O) groups excluding carboxylic acids is 1. The maximum absolute atomic E-state index is 13.5. The monoisotopic (exact) mass is 340 g/mol. The fourth-order valence-electron chi connectivity index (χ4n) is 2.34. The van der Waals surface area contributed by atoms with Crippen LogP contribution in [-0.4, -0.2) is 10.9 Å². The fraction of sp³-hybridized carbons (Fsp3) is 0.250. The maximum Gasteiger partial charge on any atom is 0.419 e. The fourth-order valence-corrected chi connectivity index (χ4v) is 2.34. The Balaban J connectivity index is 1.82. The number of halogens is 4. The third-order valence-electron chi connectivity index (χ3n) is 3.68. The van der Waals surface area contributed by atoms with Crippen LogP contribution in [0.2, 0.25) is 0 Å². The lowest BCUT2D eigenvalue weighted by molar-refractivity contribution is -0.139. The van der Waals surface area contributed by atoms with E-state index in [1.807, 2.05) is 0 Å². The van der Waals surface area contributed by atoms with Gasteiger partial charge in [-0.25, -0.2) is 4.39 Å². The molecule has 4 nitrogen and oxygen atoms in total. The highest BCUT2D eigenvalue weighted by atomic mass is 19.4. The molecular weight excluding hydrogens is 328 g/mol. The van der Waals surface area contributed by atoms with Crippen LogP contribution in [0.3, 0.4) is 0 Å². The zero-order valence-corrected chi connectivity index (χ0v) is 12.2. The Hall–Kier alpha value is -2.64. The van der Waals surface area contributed by atoms with Gasteiger partial charge in [0.15, 0.2) is 0 Å². The van der Waals surface area contributed by atoms with Crippen molar-refractivity contribution in [2.75, 3.05) is 5.32 Å². The molecule has 1 saturated carbocycles. The lowest BCUT2D eigenvalue weighted by Crippen LogP contribution is -2.18. The van der Waals surface area contributed by atoms with E-state index in [4.69, 9.17) is 0 Å². The van der Waals surface area contributed by atoms with Crippen molar-refractivity contribution < 1.29 is 22.4 Å². The minimum absolute atomic E-state index is 0.0703. The predicted octanol–water partition coefficient (Wildman–Crippen LogP) is 3.66. The first kappa shape index (κ1) is 16.2. The zero-order valence-electron chi connectivity index (χ0n) is 12.2. The van der Waals surface area contributed by atoms with Crippen molar-refractivity contribution in [2.45, 2.75) is 24.9 Å². The predicted molar refractivity (Wildman–Crippen MR) is 78.4 cm³/mol. The van der Waals surface area contributed by atoms with Crippen molar-refractivity contribution in [3.63, 3.8) is 0 Å². The molecule has 126 valence electrons. The molecule has 0 atom stereocenters. The number of H-pyrrole nitrogens is 1. The molecule has 2 aromatic rings. The number of amides is 1. The van der Waals surface area contributed by atoms with Crippen LogP contribution in [0.4, 0.5) is 23.2 Å². The summed E-state index contributed by atoms with van der Waals surface area (Å²) in [6.07, 6.45) is -2.96. The number of hydrogen-bond acceptors (Lipinski definition) is 2. The van der Waals surface area contributed by atoms with E-state index in [0.29, 0.717) is 17.8 Å². The highest BCUT2D eigenvalue weighted by Crippen LogP contribution is 2.38. The number of nitrogens with one attached hydrogen (secondary N) is 2. The molecule has 0 bridgehead atoms. The van der Waals surface area contributed by atoms with Crippen molar-refractivity contribution in [2.24, 2.45) is 0 Å². The van der Waals surface area contributed by atoms with E-state index in [1.165, 1.54) is 6.07 Å². The molecule has 24 heavy (non-hydrogen) atoms. The zero-order chi connectivity index (χ0) is 17.5. The molecule has 1 fully saturated rings. The first-order valence-electron chi connectivity index (χ1n) is 7.16. The van der Waals surface area contributed by atoms with Crippen LogP contribution < -0.4 is 10.9 Å². The molecule has 1 aromatic heterocycles. The van der Waals surface area contributed by atoms with Crippen LogP contribution in [0, 0.1) is 5.82 Å². The van der Waals surface area contributed by atoms with Crippen LogP contribution >= 0.6 is 0 Å². The molecule has 0 saturated heterocycles. The van der Waals surface area contributed by atoms with E-state index in [-0.39, 0.29) is 17.2 Å². The van der Waals surface area contributed by atoms with Gasteiger partial charge < -0.3 is 10.3 Å². The minimum atomic E-state index is -4.81. The summed E-state index contributed by atoms with van der Waals surface area (Å²) in [5.74, 6) is -1.96. The first-order chi connectivity index (χ1) is 11.2. The topological polar surface area (TPSA) is 62.0 Å². The average Bonchev–Trinajstić information content (AvgIpc) is 3.29. The van der Waals surface area contributed by atoms with Crippen LogP contribution in [0.1, 0.15) is 40.4 Å². The quantitative estimate of drug-likeness (QED) is 0.838.